The molecule has 7 heteroatoms. The van der Waals surface area contributed by atoms with Crippen LogP contribution in [0.2, 0.25) is 0 Å². The molecule has 1 aromatic carbocycles. The monoisotopic (exact) mass is 343 g/mol. The average molecular weight is 343 g/mol. The van der Waals surface area contributed by atoms with Crippen LogP contribution < -0.4 is 4.90 Å². The van der Waals surface area contributed by atoms with Crippen LogP contribution in [0.4, 0.5) is 5.69 Å². The third-order valence-corrected chi connectivity index (χ3v) is 4.86. The van der Waals surface area contributed by atoms with Crippen LogP contribution in [0.25, 0.3) is 0 Å². The molecule has 6 nitrogen and oxygen atoms in total. The lowest BCUT2D eigenvalue weighted by Gasteiger charge is -2.31. The molecule has 0 bridgehead atoms. The molecular formula is C17H17N3O3S. The molecule has 1 amide bonds. The van der Waals surface area contributed by atoms with Crippen molar-refractivity contribution in [1.29, 1.82) is 0 Å². The van der Waals surface area contributed by atoms with Crippen molar-refractivity contribution in [2.75, 3.05) is 23.7 Å². The maximum Gasteiger partial charge on any atom is 0.262 e. The van der Waals surface area contributed by atoms with Gasteiger partial charge in [0.15, 0.2) is 5.84 Å². The molecule has 0 spiro atoms. The Morgan fingerprint density at radius 2 is 2.08 bits per heavy atom. The number of hydrogen-bond acceptors (Lipinski definition) is 4. The Morgan fingerprint density at radius 1 is 1.33 bits per heavy atom. The Hall–Kier alpha value is -2.67. The van der Waals surface area contributed by atoms with Crippen LogP contribution in [0.15, 0.2) is 71.3 Å². The van der Waals surface area contributed by atoms with Crippen molar-refractivity contribution in [3.63, 3.8) is 0 Å². The number of hydrogen-bond donors (Lipinski definition) is 0. The molecule has 0 unspecified atom stereocenters. The van der Waals surface area contributed by atoms with Crippen LogP contribution in [0, 0.1) is 0 Å². The molecule has 124 valence electrons. The molecule has 0 N–H and O–H groups in total. The van der Waals surface area contributed by atoms with E-state index in [1.165, 1.54) is 0 Å². The van der Waals surface area contributed by atoms with Gasteiger partial charge in [0.05, 0.1) is 11.3 Å². The molecule has 24 heavy (non-hydrogen) atoms. The van der Waals surface area contributed by atoms with E-state index in [9.17, 15) is 13.2 Å². The topological polar surface area (TPSA) is 70.1 Å². The summed E-state index contributed by atoms with van der Waals surface area (Å²) < 4.78 is 27.5. The smallest absolute Gasteiger partial charge is 0.262 e. The van der Waals surface area contributed by atoms with Gasteiger partial charge in [-0.25, -0.2) is 8.42 Å². The standard InChI is InChI=1S/C17H17N3O3S/c1-2-10-20(14-7-4-3-5-8-14)17(21)15-9-6-11-19-12-13-24(22,23)18-16(15)19/h2-9,11H,1,10,12-13H2. The van der Waals surface area contributed by atoms with Crippen LogP contribution >= 0.6 is 0 Å². The Balaban J connectivity index is 2.01. The van der Waals surface area contributed by atoms with Crippen LogP contribution in [-0.4, -0.2) is 43.9 Å². The van der Waals surface area contributed by atoms with Crippen molar-refractivity contribution < 1.29 is 13.2 Å². The molecule has 0 aliphatic carbocycles. The number of carbonyl (C=O) groups is 1. The zero-order chi connectivity index (χ0) is 17.2. The molecule has 0 radical (unpaired) electrons. The van der Waals surface area contributed by atoms with Crippen molar-refractivity contribution in [3.05, 3.63) is 66.9 Å². The second-order valence-electron chi connectivity index (χ2n) is 5.36. The van der Waals surface area contributed by atoms with Crippen LogP contribution in [0.5, 0.6) is 0 Å². The summed E-state index contributed by atoms with van der Waals surface area (Å²) in [7, 11) is -3.54. The Bertz CT molecular complexity index is 854. The molecular weight excluding hydrogens is 326 g/mol. The number of sulfonamides is 1. The third-order valence-electron chi connectivity index (χ3n) is 3.71. The number of fused-ring (bicyclic) bond motifs is 1. The minimum absolute atomic E-state index is 0.0582. The van der Waals surface area contributed by atoms with Gasteiger partial charge in [-0.15, -0.1) is 11.0 Å². The van der Waals surface area contributed by atoms with Gasteiger partial charge >= 0.3 is 0 Å². The fraction of sp³-hybridized carbons (Fsp3) is 0.176. The number of amidine groups is 1. The van der Waals surface area contributed by atoms with Crippen molar-refractivity contribution in [3.8, 4) is 0 Å². The van der Waals surface area contributed by atoms with Gasteiger partial charge < -0.3 is 9.80 Å². The lowest BCUT2D eigenvalue weighted by molar-refractivity contribution is -0.114. The van der Waals surface area contributed by atoms with E-state index in [-0.39, 0.29) is 29.6 Å². The summed E-state index contributed by atoms with van der Waals surface area (Å²) >= 11 is 0. The lowest BCUT2D eigenvalue weighted by atomic mass is 10.1. The van der Waals surface area contributed by atoms with Gasteiger partial charge in [-0.2, -0.15) is 0 Å². The number of allylic oxidation sites excluding steroid dienone is 2. The molecule has 0 saturated heterocycles. The van der Waals surface area contributed by atoms with Crippen molar-refractivity contribution in [1.82, 2.24) is 4.90 Å². The number of amides is 1. The zero-order valence-electron chi connectivity index (χ0n) is 13.0. The summed E-state index contributed by atoms with van der Waals surface area (Å²) in [5, 5.41) is 0. The van der Waals surface area contributed by atoms with E-state index in [1.54, 1.807) is 34.2 Å². The maximum atomic E-state index is 13.0. The lowest BCUT2D eigenvalue weighted by Crippen LogP contribution is -2.43. The third kappa shape index (κ3) is 3.16. The predicted octanol–water partition coefficient (Wildman–Crippen LogP) is 1.70. The molecule has 0 saturated carbocycles. The summed E-state index contributed by atoms with van der Waals surface area (Å²) in [6, 6.07) is 9.17. The van der Waals surface area contributed by atoms with Crippen LogP contribution in [0.3, 0.4) is 0 Å². The van der Waals surface area contributed by atoms with Gasteiger partial charge in [-0.1, -0.05) is 24.3 Å². The second-order valence-corrected chi connectivity index (χ2v) is 7.11. The number of benzene rings is 1. The van der Waals surface area contributed by atoms with Crippen molar-refractivity contribution >= 4 is 27.5 Å². The Labute approximate surface area is 141 Å². The molecule has 2 aliphatic rings. The number of rotatable bonds is 4. The largest absolute Gasteiger partial charge is 0.331 e. The van der Waals surface area contributed by atoms with Crippen molar-refractivity contribution in [2.45, 2.75) is 0 Å². The SMILES string of the molecule is C=CCN(C(=O)C1=CC=CN2CCS(=O)(=O)N=C12)c1ccccc1. The Kier molecular flexibility index (Phi) is 4.35. The van der Waals surface area contributed by atoms with Gasteiger partial charge in [0, 0.05) is 25.0 Å². The summed E-state index contributed by atoms with van der Waals surface area (Å²) in [5.41, 5.74) is 0.968. The van der Waals surface area contributed by atoms with Gasteiger partial charge in [-0.3, -0.25) is 4.79 Å². The van der Waals surface area contributed by atoms with E-state index in [4.69, 9.17) is 0 Å². The number of carbonyl (C=O) groups excluding carboxylic acids is 1. The van der Waals surface area contributed by atoms with Gasteiger partial charge in [-0.05, 0) is 24.3 Å². The van der Waals surface area contributed by atoms with Gasteiger partial charge in [0.25, 0.3) is 15.9 Å². The summed E-state index contributed by atoms with van der Waals surface area (Å²) in [4.78, 5) is 16.3. The molecule has 0 aromatic heterocycles. The van der Waals surface area contributed by atoms with Gasteiger partial charge in [0.1, 0.15) is 0 Å². The summed E-state index contributed by atoms with van der Waals surface area (Å²) in [6.45, 7) is 4.29. The highest BCUT2D eigenvalue weighted by Crippen LogP contribution is 2.22. The molecule has 0 atom stereocenters. The maximum absolute atomic E-state index is 13.0. The summed E-state index contributed by atoms with van der Waals surface area (Å²) in [5.74, 6) is -0.192. The molecule has 2 aliphatic heterocycles. The second kappa shape index (κ2) is 6.45. The van der Waals surface area contributed by atoms with E-state index >= 15 is 0 Å². The first-order valence-corrected chi connectivity index (χ1v) is 9.09. The molecule has 2 heterocycles. The first-order chi connectivity index (χ1) is 11.5. The van der Waals surface area contributed by atoms with E-state index in [1.807, 2.05) is 30.3 Å². The first kappa shape index (κ1) is 16.2. The van der Waals surface area contributed by atoms with E-state index in [2.05, 4.69) is 11.0 Å². The van der Waals surface area contributed by atoms with E-state index < -0.39 is 10.0 Å². The molecule has 1 aromatic rings. The normalized spacial score (nSPS) is 18.2. The number of nitrogens with zero attached hydrogens (tertiary/aromatic N) is 3. The highest BCUT2D eigenvalue weighted by atomic mass is 32.2. The average Bonchev–Trinajstić information content (AvgIpc) is 2.58. The number of para-hydroxylation sites is 1. The Morgan fingerprint density at radius 3 is 2.79 bits per heavy atom. The highest BCUT2D eigenvalue weighted by molar-refractivity contribution is 7.90. The fourth-order valence-electron chi connectivity index (χ4n) is 2.57. The first-order valence-electron chi connectivity index (χ1n) is 7.48. The van der Waals surface area contributed by atoms with E-state index in [0.29, 0.717) is 12.2 Å². The van der Waals surface area contributed by atoms with Crippen molar-refractivity contribution in [2.24, 2.45) is 4.40 Å². The number of anilines is 1. The van der Waals surface area contributed by atoms with Crippen LogP contribution in [0.1, 0.15) is 0 Å². The minimum atomic E-state index is -3.54. The quantitative estimate of drug-likeness (QED) is 0.780. The minimum Gasteiger partial charge on any atom is -0.331 e. The highest BCUT2D eigenvalue weighted by Gasteiger charge is 2.32. The fourth-order valence-corrected chi connectivity index (χ4v) is 3.56. The zero-order valence-corrected chi connectivity index (χ0v) is 13.8. The van der Waals surface area contributed by atoms with E-state index in [0.717, 1.165) is 0 Å². The van der Waals surface area contributed by atoms with Gasteiger partial charge in [0.2, 0.25) is 0 Å². The molecule has 0 fully saturated rings. The predicted molar refractivity (Wildman–Crippen MR) is 94.1 cm³/mol. The molecule has 3 rings (SSSR count). The van der Waals surface area contributed by atoms with Crippen LogP contribution in [-0.2, 0) is 14.8 Å². The summed E-state index contributed by atoms with van der Waals surface area (Å²) in [6.07, 6.45) is 6.67.